The van der Waals surface area contributed by atoms with E-state index in [0.717, 1.165) is 48.6 Å². The first kappa shape index (κ1) is 25.3. The average molecular weight is 514 g/mol. The Hall–Kier alpha value is -4.33. The third-order valence-corrected chi connectivity index (χ3v) is 7.08. The molecule has 3 N–H and O–H groups in total. The van der Waals surface area contributed by atoms with Crippen LogP contribution in [-0.4, -0.2) is 30.8 Å². The summed E-state index contributed by atoms with van der Waals surface area (Å²) >= 11 is 0. The summed E-state index contributed by atoms with van der Waals surface area (Å²) in [5.74, 6) is 0.148. The van der Waals surface area contributed by atoms with Gasteiger partial charge in [-0.25, -0.2) is 0 Å². The third-order valence-electron chi connectivity index (χ3n) is 7.08. The van der Waals surface area contributed by atoms with E-state index in [1.807, 2.05) is 48.5 Å². The van der Waals surface area contributed by atoms with Gasteiger partial charge in [-0.3, -0.25) is 14.4 Å². The molecule has 196 valence electrons. The van der Waals surface area contributed by atoms with Crippen LogP contribution in [0.3, 0.4) is 0 Å². The molecule has 8 heteroatoms. The molecule has 2 heterocycles. The zero-order valence-electron chi connectivity index (χ0n) is 21.3. The van der Waals surface area contributed by atoms with Crippen molar-refractivity contribution in [2.45, 2.75) is 44.7 Å². The first-order valence-electron chi connectivity index (χ1n) is 13.0. The van der Waals surface area contributed by atoms with Crippen LogP contribution >= 0.6 is 0 Å². The molecule has 1 aliphatic rings. The van der Waals surface area contributed by atoms with Crippen molar-refractivity contribution in [3.63, 3.8) is 0 Å². The molecule has 2 aromatic carbocycles. The molecule has 3 amide bonds. The van der Waals surface area contributed by atoms with Crippen LogP contribution in [0.1, 0.15) is 58.8 Å². The van der Waals surface area contributed by atoms with Crippen LogP contribution in [-0.2, 0) is 11.3 Å². The van der Waals surface area contributed by atoms with Gasteiger partial charge in [0.25, 0.3) is 11.8 Å². The lowest BCUT2D eigenvalue weighted by atomic mass is 9.83. The molecule has 0 saturated heterocycles. The van der Waals surface area contributed by atoms with Crippen molar-refractivity contribution in [2.75, 3.05) is 7.05 Å². The summed E-state index contributed by atoms with van der Waals surface area (Å²) in [5.41, 5.74) is 2.30. The van der Waals surface area contributed by atoms with Crippen LogP contribution in [0.25, 0.3) is 22.3 Å². The number of likely N-dealkylation sites (N-methyl/N-ethyl adjacent to an activating group) is 1. The van der Waals surface area contributed by atoms with Gasteiger partial charge in [0.2, 0.25) is 5.91 Å². The minimum Gasteiger partial charge on any atom is -0.451 e. The number of hydrogen-bond acceptors (Lipinski definition) is 5. The Kier molecular flexibility index (Phi) is 7.58. The number of rotatable bonds is 8. The van der Waals surface area contributed by atoms with E-state index < -0.39 is 11.9 Å². The van der Waals surface area contributed by atoms with Crippen LogP contribution in [0, 0.1) is 5.92 Å². The normalized spacial score (nSPS) is 14.7. The highest BCUT2D eigenvalue weighted by molar-refractivity contribution is 5.96. The number of benzene rings is 2. The fourth-order valence-corrected chi connectivity index (χ4v) is 5.05. The molecule has 0 bridgehead atoms. The van der Waals surface area contributed by atoms with Crippen molar-refractivity contribution in [2.24, 2.45) is 5.92 Å². The average Bonchev–Trinajstić information content (AvgIpc) is 3.63. The highest BCUT2D eigenvalue weighted by atomic mass is 16.4. The molecule has 1 fully saturated rings. The van der Waals surface area contributed by atoms with E-state index in [0.29, 0.717) is 17.9 Å². The fourth-order valence-electron chi connectivity index (χ4n) is 5.05. The third kappa shape index (κ3) is 5.64. The maximum Gasteiger partial charge on any atom is 0.287 e. The Balaban J connectivity index is 1.23. The van der Waals surface area contributed by atoms with Gasteiger partial charge in [-0.1, -0.05) is 55.7 Å². The molecular formula is C30H31N3O5. The smallest absolute Gasteiger partial charge is 0.287 e. The van der Waals surface area contributed by atoms with Crippen molar-refractivity contribution in [3.05, 3.63) is 83.8 Å². The van der Waals surface area contributed by atoms with Crippen molar-refractivity contribution in [1.29, 1.82) is 0 Å². The summed E-state index contributed by atoms with van der Waals surface area (Å²) in [6.07, 6.45) is 5.12. The summed E-state index contributed by atoms with van der Waals surface area (Å²) in [5, 5.41) is 9.31. The van der Waals surface area contributed by atoms with Crippen LogP contribution in [0.2, 0.25) is 0 Å². The van der Waals surface area contributed by atoms with E-state index in [9.17, 15) is 14.4 Å². The quantitative estimate of drug-likeness (QED) is 0.305. The Morgan fingerprint density at radius 3 is 2.47 bits per heavy atom. The Labute approximate surface area is 220 Å². The van der Waals surface area contributed by atoms with Gasteiger partial charge in [-0.2, -0.15) is 0 Å². The summed E-state index contributed by atoms with van der Waals surface area (Å²) in [7, 11) is 1.58. The maximum atomic E-state index is 13.0. The minimum atomic E-state index is -0.583. The molecule has 8 nitrogen and oxygen atoms in total. The largest absolute Gasteiger partial charge is 0.451 e. The monoisotopic (exact) mass is 513 g/mol. The van der Waals surface area contributed by atoms with Gasteiger partial charge in [-0.05, 0) is 54.7 Å². The van der Waals surface area contributed by atoms with E-state index >= 15 is 0 Å². The predicted molar refractivity (Wildman–Crippen MR) is 143 cm³/mol. The van der Waals surface area contributed by atoms with Crippen LogP contribution in [0.4, 0.5) is 0 Å². The van der Waals surface area contributed by atoms with E-state index in [2.05, 4.69) is 16.0 Å². The first-order chi connectivity index (χ1) is 18.5. The molecule has 0 spiro atoms. The molecule has 2 aromatic heterocycles. The molecule has 1 aliphatic carbocycles. The Morgan fingerprint density at radius 2 is 1.68 bits per heavy atom. The number of para-hydroxylation sites is 1. The van der Waals surface area contributed by atoms with E-state index in [4.69, 9.17) is 8.83 Å². The summed E-state index contributed by atoms with van der Waals surface area (Å²) in [6.45, 7) is 0.299. The zero-order chi connectivity index (χ0) is 26.5. The fraction of sp³-hybridized carbons (Fsp3) is 0.300. The second kappa shape index (κ2) is 11.4. The van der Waals surface area contributed by atoms with Gasteiger partial charge in [-0.15, -0.1) is 0 Å². The number of furan rings is 2. The lowest BCUT2D eigenvalue weighted by molar-refractivity contribution is -0.124. The first-order valence-corrected chi connectivity index (χ1v) is 13.0. The molecular weight excluding hydrogens is 482 g/mol. The Morgan fingerprint density at radius 1 is 0.868 bits per heavy atom. The van der Waals surface area contributed by atoms with Crippen molar-refractivity contribution in [1.82, 2.24) is 16.0 Å². The van der Waals surface area contributed by atoms with E-state index in [1.165, 1.54) is 0 Å². The van der Waals surface area contributed by atoms with Crippen LogP contribution < -0.4 is 16.0 Å². The Bertz CT molecular complexity index is 1410. The molecule has 0 radical (unpaired) electrons. The van der Waals surface area contributed by atoms with Crippen molar-refractivity contribution < 1.29 is 23.2 Å². The van der Waals surface area contributed by atoms with Gasteiger partial charge in [0.05, 0.1) is 0 Å². The van der Waals surface area contributed by atoms with Gasteiger partial charge < -0.3 is 24.8 Å². The second-order valence-corrected chi connectivity index (χ2v) is 9.66. The summed E-state index contributed by atoms with van der Waals surface area (Å²) in [6, 6.07) is 19.5. The lowest BCUT2D eigenvalue weighted by Gasteiger charge is -2.29. The topological polar surface area (TPSA) is 114 Å². The number of carbonyl (C=O) groups is 3. The maximum absolute atomic E-state index is 13.0. The van der Waals surface area contributed by atoms with Crippen molar-refractivity contribution >= 4 is 28.7 Å². The minimum absolute atomic E-state index is 0.119. The number of hydrogen-bond donors (Lipinski definition) is 3. The van der Waals surface area contributed by atoms with Crippen molar-refractivity contribution in [3.8, 4) is 11.3 Å². The van der Waals surface area contributed by atoms with E-state index in [-0.39, 0.29) is 29.3 Å². The summed E-state index contributed by atoms with van der Waals surface area (Å²) < 4.78 is 11.5. The SMILES string of the molecule is CNC(=O)[C@@H](NC(=O)c1ccc(-c2cccc(CNC(=O)c3cc4ccccc4o3)c2)o1)C1CCCCC1. The number of amides is 3. The molecule has 5 rings (SSSR count). The lowest BCUT2D eigenvalue weighted by Crippen LogP contribution is -2.50. The van der Waals surface area contributed by atoms with Crippen LogP contribution in [0.5, 0.6) is 0 Å². The molecule has 1 saturated carbocycles. The number of fused-ring (bicyclic) bond motifs is 1. The molecule has 0 unspecified atom stereocenters. The predicted octanol–water partition coefficient (Wildman–Crippen LogP) is 5.05. The van der Waals surface area contributed by atoms with E-state index in [1.54, 1.807) is 25.2 Å². The molecule has 38 heavy (non-hydrogen) atoms. The number of carbonyl (C=O) groups excluding carboxylic acids is 3. The second-order valence-electron chi connectivity index (χ2n) is 9.66. The number of nitrogens with one attached hydrogen (secondary N) is 3. The van der Waals surface area contributed by atoms with Gasteiger partial charge in [0, 0.05) is 24.5 Å². The van der Waals surface area contributed by atoms with Gasteiger partial charge >= 0.3 is 0 Å². The van der Waals surface area contributed by atoms with Gasteiger partial charge in [0.1, 0.15) is 17.4 Å². The standard InChI is InChI=1S/C30H31N3O5/c1-31-30(36)27(20-9-3-2-4-10-20)33-29(35)25-15-14-24(37-25)21-12-7-8-19(16-21)18-32-28(34)26-17-22-11-5-6-13-23(22)38-26/h5-8,11-17,20,27H,2-4,9-10,18H2,1H3,(H,31,36)(H,32,34)(H,33,35)/t27-/m0/s1. The zero-order valence-corrected chi connectivity index (χ0v) is 21.3. The molecule has 0 aliphatic heterocycles. The highest BCUT2D eigenvalue weighted by Gasteiger charge is 2.31. The van der Waals surface area contributed by atoms with Gasteiger partial charge in [0.15, 0.2) is 11.5 Å². The van der Waals surface area contributed by atoms with Crippen LogP contribution in [0.15, 0.2) is 75.6 Å². The molecule has 1 atom stereocenters. The highest BCUT2D eigenvalue weighted by Crippen LogP contribution is 2.28. The molecule has 4 aromatic rings. The summed E-state index contributed by atoms with van der Waals surface area (Å²) in [4.78, 5) is 38.1.